The lowest BCUT2D eigenvalue weighted by molar-refractivity contribution is -0.116. The smallest absolute Gasteiger partial charge is 0.234 e. The van der Waals surface area contributed by atoms with E-state index in [2.05, 4.69) is 27.4 Å². The van der Waals surface area contributed by atoms with Crippen molar-refractivity contribution in [3.05, 3.63) is 72.6 Å². The zero-order valence-electron chi connectivity index (χ0n) is 18.0. The second-order valence-electron chi connectivity index (χ2n) is 6.93. The van der Waals surface area contributed by atoms with Gasteiger partial charge in [-0.3, -0.25) is 9.59 Å². The van der Waals surface area contributed by atoms with Gasteiger partial charge in [0.2, 0.25) is 11.8 Å². The first-order valence-corrected chi connectivity index (χ1v) is 10.9. The normalized spacial score (nSPS) is 10.4. The van der Waals surface area contributed by atoms with Crippen molar-refractivity contribution >= 4 is 35.0 Å². The number of nitrogens with zero attached hydrogens (tertiary/aromatic N) is 3. The zero-order chi connectivity index (χ0) is 22.9. The number of allylic oxidation sites excluding steroid dienone is 1. The summed E-state index contributed by atoms with van der Waals surface area (Å²) in [5, 5.41) is 14.5. The van der Waals surface area contributed by atoms with Crippen LogP contribution in [0.3, 0.4) is 0 Å². The summed E-state index contributed by atoms with van der Waals surface area (Å²) in [6.45, 7) is 6.17. The van der Waals surface area contributed by atoms with Gasteiger partial charge in [-0.15, -0.1) is 16.8 Å². The molecule has 32 heavy (non-hydrogen) atoms. The van der Waals surface area contributed by atoms with Crippen LogP contribution in [0.25, 0.3) is 0 Å². The first-order chi connectivity index (χ1) is 15.5. The van der Waals surface area contributed by atoms with Crippen LogP contribution < -0.4 is 15.4 Å². The Hall–Kier alpha value is -3.59. The fourth-order valence-electron chi connectivity index (χ4n) is 2.92. The molecule has 2 amide bonds. The average Bonchev–Trinajstić information content (AvgIpc) is 3.15. The van der Waals surface area contributed by atoms with Gasteiger partial charge in [-0.2, -0.15) is 0 Å². The monoisotopic (exact) mass is 451 g/mol. The Morgan fingerprint density at radius 1 is 1.09 bits per heavy atom. The summed E-state index contributed by atoms with van der Waals surface area (Å²) in [6.07, 6.45) is 1.72. The lowest BCUT2D eigenvalue weighted by Crippen LogP contribution is -2.18. The van der Waals surface area contributed by atoms with Crippen LogP contribution in [0.5, 0.6) is 5.75 Å². The number of nitrogens with one attached hydrogen (secondary N) is 2. The van der Waals surface area contributed by atoms with Crippen LogP contribution in [-0.2, 0) is 22.6 Å². The largest absolute Gasteiger partial charge is 0.495 e. The van der Waals surface area contributed by atoms with E-state index in [0.717, 1.165) is 11.3 Å². The highest BCUT2D eigenvalue weighted by Gasteiger charge is 2.17. The molecule has 0 aliphatic heterocycles. The number of hydrogen-bond donors (Lipinski definition) is 2. The van der Waals surface area contributed by atoms with E-state index in [9.17, 15) is 9.59 Å². The third kappa shape index (κ3) is 6.21. The van der Waals surface area contributed by atoms with Gasteiger partial charge in [0.25, 0.3) is 0 Å². The second-order valence-corrected chi connectivity index (χ2v) is 7.87. The van der Waals surface area contributed by atoms with Gasteiger partial charge < -0.3 is 19.9 Å². The number of anilines is 2. The van der Waals surface area contributed by atoms with Gasteiger partial charge in [-0.1, -0.05) is 47.7 Å². The minimum absolute atomic E-state index is 0.0228. The highest BCUT2D eigenvalue weighted by molar-refractivity contribution is 7.99. The SMILES string of the molecule is C=CCn1c(CC(=O)Nc2ccccc2OC)nnc1SCC(=O)Nc1ccc(C)cc1. The number of ether oxygens (including phenoxy) is 1. The molecule has 0 saturated heterocycles. The minimum Gasteiger partial charge on any atom is -0.495 e. The predicted molar refractivity (Wildman–Crippen MR) is 126 cm³/mol. The minimum atomic E-state index is -0.249. The Bertz CT molecular complexity index is 1100. The number of hydrogen-bond acceptors (Lipinski definition) is 6. The highest BCUT2D eigenvalue weighted by Crippen LogP contribution is 2.23. The van der Waals surface area contributed by atoms with E-state index in [-0.39, 0.29) is 24.0 Å². The Morgan fingerprint density at radius 3 is 2.56 bits per heavy atom. The Kier molecular flexibility index (Phi) is 8.04. The fourth-order valence-corrected chi connectivity index (χ4v) is 3.69. The van der Waals surface area contributed by atoms with Crippen LogP contribution in [0.15, 0.2) is 66.3 Å². The van der Waals surface area contributed by atoms with Crippen LogP contribution in [0.1, 0.15) is 11.4 Å². The Morgan fingerprint density at radius 2 is 1.84 bits per heavy atom. The maximum atomic E-state index is 12.6. The second kappa shape index (κ2) is 11.1. The van der Waals surface area contributed by atoms with E-state index >= 15 is 0 Å². The molecular weight excluding hydrogens is 426 g/mol. The molecule has 0 atom stereocenters. The third-order valence-electron chi connectivity index (χ3n) is 4.47. The van der Waals surface area contributed by atoms with Crippen molar-refractivity contribution in [2.75, 3.05) is 23.5 Å². The van der Waals surface area contributed by atoms with Crippen molar-refractivity contribution in [1.82, 2.24) is 14.8 Å². The molecule has 0 spiro atoms. The molecule has 0 fully saturated rings. The van der Waals surface area contributed by atoms with Crippen molar-refractivity contribution in [3.63, 3.8) is 0 Å². The molecular formula is C23H25N5O3S. The quantitative estimate of drug-likeness (QED) is 0.360. The van der Waals surface area contributed by atoms with Gasteiger partial charge in [-0.05, 0) is 31.2 Å². The van der Waals surface area contributed by atoms with E-state index < -0.39 is 0 Å². The van der Waals surface area contributed by atoms with Crippen molar-refractivity contribution in [2.24, 2.45) is 0 Å². The number of amides is 2. The summed E-state index contributed by atoms with van der Waals surface area (Å²) in [6, 6.07) is 14.8. The van der Waals surface area contributed by atoms with E-state index in [1.165, 1.54) is 11.8 Å². The Labute approximate surface area is 191 Å². The number of carbonyl (C=O) groups excluding carboxylic acids is 2. The number of rotatable bonds is 10. The number of aromatic nitrogens is 3. The average molecular weight is 452 g/mol. The molecule has 166 valence electrons. The number of aryl methyl sites for hydroxylation is 1. The molecule has 0 aliphatic rings. The number of thioether (sulfide) groups is 1. The molecule has 0 aliphatic carbocycles. The molecule has 1 heterocycles. The lowest BCUT2D eigenvalue weighted by Gasteiger charge is -2.11. The van der Waals surface area contributed by atoms with Gasteiger partial charge in [0.05, 0.1) is 25.0 Å². The maximum Gasteiger partial charge on any atom is 0.234 e. The molecule has 0 radical (unpaired) electrons. The van der Waals surface area contributed by atoms with Crippen LogP contribution in [0, 0.1) is 6.92 Å². The first-order valence-electron chi connectivity index (χ1n) is 9.95. The summed E-state index contributed by atoms with van der Waals surface area (Å²) >= 11 is 1.25. The topological polar surface area (TPSA) is 98.1 Å². The van der Waals surface area contributed by atoms with Crippen LogP contribution >= 0.6 is 11.8 Å². The van der Waals surface area contributed by atoms with Crippen LogP contribution in [0.2, 0.25) is 0 Å². The summed E-state index contributed by atoms with van der Waals surface area (Å²) in [5.41, 5.74) is 2.44. The molecule has 0 bridgehead atoms. The van der Waals surface area contributed by atoms with Crippen molar-refractivity contribution < 1.29 is 14.3 Å². The van der Waals surface area contributed by atoms with Gasteiger partial charge in [-0.25, -0.2) is 0 Å². The number of benzene rings is 2. The molecule has 3 aromatic rings. The van der Waals surface area contributed by atoms with Gasteiger partial charge >= 0.3 is 0 Å². The molecule has 2 N–H and O–H groups in total. The summed E-state index contributed by atoms with van der Waals surface area (Å²) in [7, 11) is 1.55. The van der Waals surface area contributed by atoms with Gasteiger partial charge in [0, 0.05) is 12.2 Å². The van der Waals surface area contributed by atoms with Crippen LogP contribution in [-0.4, -0.2) is 39.4 Å². The summed E-state index contributed by atoms with van der Waals surface area (Å²) in [4.78, 5) is 24.9. The van der Waals surface area contributed by atoms with Crippen molar-refractivity contribution in [3.8, 4) is 5.75 Å². The van der Waals surface area contributed by atoms with E-state index in [0.29, 0.717) is 29.0 Å². The van der Waals surface area contributed by atoms with Crippen LogP contribution in [0.4, 0.5) is 11.4 Å². The molecule has 2 aromatic carbocycles. The standard InChI is InChI=1S/C23H25N5O3S/c1-4-13-28-20(14-21(29)25-18-7-5-6-8-19(18)31-3)26-27-23(28)32-15-22(30)24-17-11-9-16(2)10-12-17/h4-12H,1,13-15H2,2-3H3,(H,24,30)(H,25,29). The molecule has 0 saturated carbocycles. The maximum absolute atomic E-state index is 12.6. The zero-order valence-corrected chi connectivity index (χ0v) is 18.8. The highest BCUT2D eigenvalue weighted by atomic mass is 32.2. The molecule has 9 heteroatoms. The van der Waals surface area contributed by atoms with Crippen molar-refractivity contribution in [1.29, 1.82) is 0 Å². The van der Waals surface area contributed by atoms with Gasteiger partial charge in [0.1, 0.15) is 11.6 Å². The summed E-state index contributed by atoms with van der Waals surface area (Å²) < 4.78 is 7.04. The van der Waals surface area contributed by atoms with E-state index in [1.54, 1.807) is 29.9 Å². The number of carbonyl (C=O) groups is 2. The number of para-hydroxylation sites is 2. The van der Waals surface area contributed by atoms with Gasteiger partial charge in [0.15, 0.2) is 5.16 Å². The van der Waals surface area contributed by atoms with Crippen molar-refractivity contribution in [2.45, 2.75) is 25.0 Å². The third-order valence-corrected chi connectivity index (χ3v) is 5.44. The molecule has 0 unspecified atom stereocenters. The lowest BCUT2D eigenvalue weighted by atomic mass is 10.2. The molecule has 3 rings (SSSR count). The fraction of sp³-hybridized carbons (Fsp3) is 0.217. The molecule has 8 nitrogen and oxygen atoms in total. The predicted octanol–water partition coefficient (Wildman–Crippen LogP) is 3.69. The first kappa shape index (κ1) is 23.1. The van der Waals surface area contributed by atoms with E-state index in [1.807, 2.05) is 43.3 Å². The number of methoxy groups -OCH3 is 1. The molecule has 1 aromatic heterocycles. The Balaban J connectivity index is 1.62. The van der Waals surface area contributed by atoms with E-state index in [4.69, 9.17) is 4.74 Å². The summed E-state index contributed by atoms with van der Waals surface area (Å²) in [5.74, 6) is 0.822.